The van der Waals surface area contributed by atoms with Crippen LogP contribution in [0.4, 0.5) is 10.5 Å². The molecule has 108 valence electrons. The van der Waals surface area contributed by atoms with Gasteiger partial charge in [0.25, 0.3) is 0 Å². The standard InChI is InChI=1S/C14H19N3O3/c1-20-14(19)16-11-6-7-17(9-11)13(18)8-10-4-2-3-5-12(10)15/h2-5,11H,6-9,15H2,1H3,(H,16,19). The number of carbonyl (C=O) groups is 2. The van der Waals surface area contributed by atoms with Gasteiger partial charge in [-0.2, -0.15) is 0 Å². The van der Waals surface area contributed by atoms with Gasteiger partial charge in [-0.3, -0.25) is 4.79 Å². The summed E-state index contributed by atoms with van der Waals surface area (Å²) >= 11 is 0. The number of nitrogens with two attached hydrogens (primary N) is 1. The van der Waals surface area contributed by atoms with Gasteiger partial charge in [0, 0.05) is 18.8 Å². The van der Waals surface area contributed by atoms with Crippen molar-refractivity contribution < 1.29 is 14.3 Å². The Balaban J connectivity index is 1.89. The number of hydrogen-bond donors (Lipinski definition) is 2. The van der Waals surface area contributed by atoms with Crippen molar-refractivity contribution in [3.05, 3.63) is 29.8 Å². The summed E-state index contributed by atoms with van der Waals surface area (Å²) < 4.78 is 4.55. The van der Waals surface area contributed by atoms with E-state index in [1.807, 2.05) is 18.2 Å². The number of nitrogens with one attached hydrogen (secondary N) is 1. The number of alkyl carbamates (subject to hydrolysis) is 1. The number of rotatable bonds is 3. The first-order valence-corrected chi connectivity index (χ1v) is 6.55. The lowest BCUT2D eigenvalue weighted by Gasteiger charge is -2.17. The minimum atomic E-state index is -0.461. The van der Waals surface area contributed by atoms with Crippen molar-refractivity contribution in [2.45, 2.75) is 18.9 Å². The molecule has 3 N–H and O–H groups in total. The number of methoxy groups -OCH3 is 1. The average Bonchev–Trinajstić information content (AvgIpc) is 2.89. The Morgan fingerprint density at radius 3 is 2.90 bits per heavy atom. The number of nitrogen functional groups attached to an aromatic ring is 1. The van der Waals surface area contributed by atoms with E-state index in [1.54, 1.807) is 11.0 Å². The van der Waals surface area contributed by atoms with Crippen molar-refractivity contribution in [3.63, 3.8) is 0 Å². The van der Waals surface area contributed by atoms with E-state index in [-0.39, 0.29) is 18.4 Å². The summed E-state index contributed by atoms with van der Waals surface area (Å²) in [6.07, 6.45) is 0.569. The molecule has 1 atom stereocenters. The van der Waals surface area contributed by atoms with E-state index in [1.165, 1.54) is 7.11 Å². The van der Waals surface area contributed by atoms with Gasteiger partial charge < -0.3 is 20.7 Å². The number of para-hydroxylation sites is 1. The summed E-state index contributed by atoms with van der Waals surface area (Å²) in [5.74, 6) is 0.0251. The third-order valence-electron chi connectivity index (χ3n) is 3.45. The third-order valence-corrected chi connectivity index (χ3v) is 3.45. The molecule has 1 heterocycles. The van der Waals surface area contributed by atoms with Crippen LogP contribution in [0.1, 0.15) is 12.0 Å². The van der Waals surface area contributed by atoms with Crippen LogP contribution in [0, 0.1) is 0 Å². The number of carbonyl (C=O) groups excluding carboxylic acids is 2. The molecule has 1 aromatic rings. The van der Waals surface area contributed by atoms with Crippen LogP contribution < -0.4 is 11.1 Å². The molecule has 6 heteroatoms. The number of hydrogen-bond acceptors (Lipinski definition) is 4. The predicted octanol–water partition coefficient (Wildman–Crippen LogP) is 0.768. The maximum atomic E-state index is 12.2. The molecule has 0 spiro atoms. The first-order chi connectivity index (χ1) is 9.60. The second-order valence-corrected chi connectivity index (χ2v) is 4.84. The number of benzene rings is 1. The topological polar surface area (TPSA) is 84.7 Å². The normalized spacial score (nSPS) is 17.9. The van der Waals surface area contributed by atoms with Crippen LogP contribution in [0.5, 0.6) is 0 Å². The molecule has 1 aliphatic rings. The number of nitrogens with zero attached hydrogens (tertiary/aromatic N) is 1. The zero-order valence-corrected chi connectivity index (χ0v) is 11.5. The lowest BCUT2D eigenvalue weighted by atomic mass is 10.1. The van der Waals surface area contributed by atoms with Crippen LogP contribution in [0.2, 0.25) is 0 Å². The van der Waals surface area contributed by atoms with Crippen molar-refractivity contribution in [2.75, 3.05) is 25.9 Å². The summed E-state index contributed by atoms with van der Waals surface area (Å²) in [5, 5.41) is 2.71. The third kappa shape index (κ3) is 3.40. The molecule has 2 rings (SSSR count). The predicted molar refractivity (Wildman–Crippen MR) is 75.1 cm³/mol. The summed E-state index contributed by atoms with van der Waals surface area (Å²) in [7, 11) is 1.32. The molecule has 1 saturated heterocycles. The van der Waals surface area contributed by atoms with Crippen LogP contribution in [0.25, 0.3) is 0 Å². The molecule has 1 unspecified atom stereocenters. The Morgan fingerprint density at radius 2 is 2.20 bits per heavy atom. The highest BCUT2D eigenvalue weighted by Gasteiger charge is 2.27. The van der Waals surface area contributed by atoms with Crippen molar-refractivity contribution in [1.82, 2.24) is 10.2 Å². The van der Waals surface area contributed by atoms with Gasteiger partial charge in [-0.05, 0) is 18.1 Å². The van der Waals surface area contributed by atoms with Crippen LogP contribution >= 0.6 is 0 Å². The number of ether oxygens (including phenoxy) is 1. The Bertz CT molecular complexity index is 504. The number of anilines is 1. The summed E-state index contributed by atoms with van der Waals surface area (Å²) in [4.78, 5) is 25.1. The highest BCUT2D eigenvalue weighted by atomic mass is 16.5. The fourth-order valence-corrected chi connectivity index (χ4v) is 2.30. The molecule has 0 aliphatic carbocycles. The molecule has 0 saturated carbocycles. The molecule has 6 nitrogen and oxygen atoms in total. The molecule has 20 heavy (non-hydrogen) atoms. The molecule has 1 fully saturated rings. The van der Waals surface area contributed by atoms with Crippen LogP contribution in [-0.2, 0) is 16.0 Å². The Kier molecular flexibility index (Phi) is 4.45. The molecular formula is C14H19N3O3. The van der Waals surface area contributed by atoms with Crippen LogP contribution in [-0.4, -0.2) is 43.1 Å². The molecule has 0 bridgehead atoms. The fraction of sp³-hybridized carbons (Fsp3) is 0.429. The summed E-state index contributed by atoms with van der Waals surface area (Å²) in [6.45, 7) is 1.15. The fourth-order valence-electron chi connectivity index (χ4n) is 2.30. The first kappa shape index (κ1) is 14.2. The summed E-state index contributed by atoms with van der Waals surface area (Å²) in [6, 6.07) is 7.31. The van der Waals surface area contributed by atoms with Crippen LogP contribution in [0.3, 0.4) is 0 Å². The average molecular weight is 277 g/mol. The van der Waals surface area contributed by atoms with Gasteiger partial charge in [-0.1, -0.05) is 18.2 Å². The van der Waals surface area contributed by atoms with Gasteiger partial charge in [-0.25, -0.2) is 4.79 Å². The van der Waals surface area contributed by atoms with E-state index in [2.05, 4.69) is 10.1 Å². The van der Waals surface area contributed by atoms with Gasteiger partial charge in [0.15, 0.2) is 0 Å². The molecule has 0 aromatic heterocycles. The molecule has 2 amide bonds. The van der Waals surface area contributed by atoms with Gasteiger partial charge in [-0.15, -0.1) is 0 Å². The number of amides is 2. The second kappa shape index (κ2) is 6.27. The van der Waals surface area contributed by atoms with Gasteiger partial charge >= 0.3 is 6.09 Å². The van der Waals surface area contributed by atoms with E-state index in [0.717, 1.165) is 12.0 Å². The lowest BCUT2D eigenvalue weighted by molar-refractivity contribution is -0.129. The zero-order chi connectivity index (χ0) is 14.5. The molecule has 0 radical (unpaired) electrons. The van der Waals surface area contributed by atoms with Gasteiger partial charge in [0.1, 0.15) is 0 Å². The quantitative estimate of drug-likeness (QED) is 0.799. The highest BCUT2D eigenvalue weighted by molar-refractivity contribution is 5.80. The Morgan fingerprint density at radius 1 is 1.45 bits per heavy atom. The van der Waals surface area contributed by atoms with Crippen molar-refractivity contribution in [3.8, 4) is 0 Å². The van der Waals surface area contributed by atoms with E-state index in [4.69, 9.17) is 5.73 Å². The van der Waals surface area contributed by atoms with E-state index < -0.39 is 6.09 Å². The zero-order valence-electron chi connectivity index (χ0n) is 11.5. The van der Waals surface area contributed by atoms with E-state index in [0.29, 0.717) is 18.8 Å². The van der Waals surface area contributed by atoms with E-state index >= 15 is 0 Å². The summed E-state index contributed by atoms with van der Waals surface area (Å²) in [5.41, 5.74) is 7.30. The maximum Gasteiger partial charge on any atom is 0.407 e. The monoisotopic (exact) mass is 277 g/mol. The largest absolute Gasteiger partial charge is 0.453 e. The Labute approximate surface area is 117 Å². The Hall–Kier alpha value is -2.24. The van der Waals surface area contributed by atoms with Crippen molar-refractivity contribution in [2.24, 2.45) is 0 Å². The minimum absolute atomic E-state index is 0.0251. The smallest absolute Gasteiger partial charge is 0.407 e. The first-order valence-electron chi connectivity index (χ1n) is 6.55. The molecule has 1 aromatic carbocycles. The molecular weight excluding hydrogens is 258 g/mol. The van der Waals surface area contributed by atoms with Crippen LogP contribution in [0.15, 0.2) is 24.3 Å². The van der Waals surface area contributed by atoms with Crippen molar-refractivity contribution in [1.29, 1.82) is 0 Å². The minimum Gasteiger partial charge on any atom is -0.453 e. The van der Waals surface area contributed by atoms with Gasteiger partial charge in [0.05, 0.1) is 19.6 Å². The van der Waals surface area contributed by atoms with E-state index in [9.17, 15) is 9.59 Å². The SMILES string of the molecule is COC(=O)NC1CCN(C(=O)Cc2ccccc2N)C1. The second-order valence-electron chi connectivity index (χ2n) is 4.84. The lowest BCUT2D eigenvalue weighted by Crippen LogP contribution is -2.38. The van der Waals surface area contributed by atoms with Gasteiger partial charge in [0.2, 0.25) is 5.91 Å². The highest BCUT2D eigenvalue weighted by Crippen LogP contribution is 2.15. The molecule has 1 aliphatic heterocycles. The van der Waals surface area contributed by atoms with Crippen molar-refractivity contribution >= 4 is 17.7 Å². The maximum absolute atomic E-state index is 12.2. The number of likely N-dealkylation sites (tertiary alicyclic amines) is 1.